The highest BCUT2D eigenvalue weighted by molar-refractivity contribution is 6.06. The van der Waals surface area contributed by atoms with Gasteiger partial charge in [-0.3, -0.25) is 4.79 Å². The topological polar surface area (TPSA) is 90.7 Å². The van der Waals surface area contributed by atoms with E-state index in [-0.39, 0.29) is 12.1 Å². The second-order valence-electron chi connectivity index (χ2n) is 4.09. The molecule has 0 saturated heterocycles. The molecule has 0 aliphatic heterocycles. The van der Waals surface area contributed by atoms with Crippen molar-refractivity contribution in [2.75, 3.05) is 18.5 Å². The monoisotopic (exact) mass is 260 g/mol. The number of benzene rings is 1. The molecule has 19 heavy (non-hydrogen) atoms. The summed E-state index contributed by atoms with van der Waals surface area (Å²) in [6, 6.07) is 6.45. The van der Waals surface area contributed by atoms with Crippen molar-refractivity contribution in [3.8, 4) is 0 Å². The van der Waals surface area contributed by atoms with Crippen molar-refractivity contribution in [3.05, 3.63) is 36.0 Å². The fraction of sp³-hybridized carbons (Fsp3) is 0.154. The zero-order valence-corrected chi connectivity index (χ0v) is 10.2. The second-order valence-corrected chi connectivity index (χ2v) is 4.09. The molecule has 0 aliphatic carbocycles. The van der Waals surface area contributed by atoms with Gasteiger partial charge in [0.25, 0.3) is 0 Å². The summed E-state index contributed by atoms with van der Waals surface area (Å²) in [4.78, 5) is 27.5. The Hall–Kier alpha value is -2.63. The van der Waals surface area contributed by atoms with Crippen LogP contribution in [0.2, 0.25) is 0 Å². The fourth-order valence-corrected chi connectivity index (χ4v) is 1.96. The van der Waals surface area contributed by atoms with Crippen molar-refractivity contribution in [2.45, 2.75) is 0 Å². The lowest BCUT2D eigenvalue weighted by atomic mass is 10.1. The minimum absolute atomic E-state index is 0.171. The Balaban J connectivity index is 2.61. The summed E-state index contributed by atoms with van der Waals surface area (Å²) in [5.74, 6) is -1.55. The van der Waals surface area contributed by atoms with Crippen molar-refractivity contribution >= 4 is 28.5 Å². The molecule has 98 valence electrons. The summed E-state index contributed by atoms with van der Waals surface area (Å²) in [7, 11) is 1.60. The first-order valence-electron chi connectivity index (χ1n) is 5.54. The normalized spacial score (nSPS) is 10.4. The van der Waals surface area contributed by atoms with E-state index in [4.69, 9.17) is 10.2 Å². The van der Waals surface area contributed by atoms with E-state index in [0.29, 0.717) is 16.6 Å². The molecule has 0 fully saturated rings. The van der Waals surface area contributed by atoms with E-state index >= 15 is 0 Å². The summed E-state index contributed by atoms with van der Waals surface area (Å²) < 4.78 is 0. The molecular weight excluding hydrogens is 248 g/mol. The number of hydrogen-bond donors (Lipinski definition) is 2. The van der Waals surface area contributed by atoms with E-state index in [2.05, 4.69) is 4.98 Å². The first kappa shape index (κ1) is 12.8. The molecule has 2 aromatic rings. The molecule has 0 bridgehead atoms. The van der Waals surface area contributed by atoms with Crippen LogP contribution in [-0.4, -0.2) is 40.7 Å². The molecule has 0 radical (unpaired) electrons. The summed E-state index contributed by atoms with van der Waals surface area (Å²) in [6.45, 7) is -0.205. The first-order valence-corrected chi connectivity index (χ1v) is 5.54. The van der Waals surface area contributed by atoms with Crippen LogP contribution < -0.4 is 4.90 Å². The Morgan fingerprint density at radius 2 is 1.95 bits per heavy atom. The minimum atomic E-state index is -1.02. The molecule has 0 amide bonds. The van der Waals surface area contributed by atoms with E-state index in [1.807, 2.05) is 0 Å². The number of aromatic nitrogens is 1. The van der Waals surface area contributed by atoms with Gasteiger partial charge in [-0.15, -0.1) is 0 Å². The summed E-state index contributed by atoms with van der Waals surface area (Å²) >= 11 is 0. The van der Waals surface area contributed by atoms with Crippen LogP contribution in [0.3, 0.4) is 0 Å². The molecule has 1 heterocycles. The highest BCUT2D eigenvalue weighted by Crippen LogP contribution is 2.26. The lowest BCUT2D eigenvalue weighted by molar-refractivity contribution is -0.135. The van der Waals surface area contributed by atoms with E-state index in [1.165, 1.54) is 17.2 Å². The molecule has 0 unspecified atom stereocenters. The van der Waals surface area contributed by atoms with Crippen molar-refractivity contribution in [1.29, 1.82) is 0 Å². The number of likely N-dealkylation sites (N-methyl/N-ethyl adjacent to an activating group) is 1. The molecular formula is C13H12N2O4. The predicted molar refractivity (Wildman–Crippen MR) is 69.6 cm³/mol. The van der Waals surface area contributed by atoms with Crippen LogP contribution in [0.4, 0.5) is 5.82 Å². The lowest BCUT2D eigenvalue weighted by Crippen LogP contribution is -2.26. The van der Waals surface area contributed by atoms with Gasteiger partial charge < -0.3 is 15.1 Å². The van der Waals surface area contributed by atoms with Crippen molar-refractivity contribution in [2.24, 2.45) is 0 Å². The van der Waals surface area contributed by atoms with Crippen molar-refractivity contribution in [3.63, 3.8) is 0 Å². The summed E-state index contributed by atoms with van der Waals surface area (Å²) in [6.07, 6.45) is 1.47. The number of hydrogen-bond acceptors (Lipinski definition) is 4. The SMILES string of the molecule is CN(CC(=O)O)c1nccc2c(C(=O)O)cccc12. The van der Waals surface area contributed by atoms with E-state index in [1.54, 1.807) is 25.2 Å². The van der Waals surface area contributed by atoms with Gasteiger partial charge in [0.15, 0.2) is 0 Å². The van der Waals surface area contributed by atoms with Gasteiger partial charge in [0.1, 0.15) is 12.4 Å². The van der Waals surface area contributed by atoms with Crippen LogP contribution in [0.5, 0.6) is 0 Å². The Labute approximate surface area is 108 Å². The number of carbonyl (C=O) groups is 2. The number of aromatic carboxylic acids is 1. The number of pyridine rings is 1. The van der Waals surface area contributed by atoms with Gasteiger partial charge in [0.05, 0.1) is 5.56 Å². The third-order valence-corrected chi connectivity index (χ3v) is 2.75. The van der Waals surface area contributed by atoms with E-state index in [0.717, 1.165) is 0 Å². The van der Waals surface area contributed by atoms with E-state index in [9.17, 15) is 9.59 Å². The maximum absolute atomic E-state index is 11.1. The number of carboxylic acid groups (broad SMARTS) is 2. The molecule has 2 rings (SSSR count). The van der Waals surface area contributed by atoms with Crippen LogP contribution in [-0.2, 0) is 4.79 Å². The van der Waals surface area contributed by atoms with E-state index < -0.39 is 11.9 Å². The average molecular weight is 260 g/mol. The Morgan fingerprint density at radius 3 is 2.58 bits per heavy atom. The van der Waals surface area contributed by atoms with Gasteiger partial charge in [-0.2, -0.15) is 0 Å². The molecule has 2 N–H and O–H groups in total. The first-order chi connectivity index (χ1) is 9.00. The fourth-order valence-electron chi connectivity index (χ4n) is 1.96. The molecule has 0 atom stereocenters. The third-order valence-electron chi connectivity index (χ3n) is 2.75. The Kier molecular flexibility index (Phi) is 3.33. The Morgan fingerprint density at radius 1 is 1.21 bits per heavy atom. The smallest absolute Gasteiger partial charge is 0.336 e. The van der Waals surface area contributed by atoms with Gasteiger partial charge in [-0.25, -0.2) is 9.78 Å². The van der Waals surface area contributed by atoms with Gasteiger partial charge in [0, 0.05) is 24.0 Å². The van der Waals surface area contributed by atoms with Crippen molar-refractivity contribution < 1.29 is 19.8 Å². The highest BCUT2D eigenvalue weighted by atomic mass is 16.4. The van der Waals surface area contributed by atoms with Crippen LogP contribution >= 0.6 is 0 Å². The molecule has 1 aromatic heterocycles. The minimum Gasteiger partial charge on any atom is -0.480 e. The van der Waals surface area contributed by atoms with Crippen LogP contribution in [0, 0.1) is 0 Å². The highest BCUT2D eigenvalue weighted by Gasteiger charge is 2.14. The molecule has 6 heteroatoms. The number of fused-ring (bicyclic) bond motifs is 1. The lowest BCUT2D eigenvalue weighted by Gasteiger charge is -2.17. The molecule has 0 saturated carbocycles. The van der Waals surface area contributed by atoms with Gasteiger partial charge in [0.2, 0.25) is 0 Å². The third kappa shape index (κ3) is 2.47. The van der Waals surface area contributed by atoms with Gasteiger partial charge in [-0.1, -0.05) is 12.1 Å². The number of nitrogens with zero attached hydrogens (tertiary/aromatic N) is 2. The molecule has 0 spiro atoms. The zero-order chi connectivity index (χ0) is 14.0. The van der Waals surface area contributed by atoms with Crippen molar-refractivity contribution in [1.82, 2.24) is 4.98 Å². The van der Waals surface area contributed by atoms with Gasteiger partial charge in [-0.05, 0) is 12.1 Å². The standard InChI is InChI=1S/C13H12N2O4/c1-15(7-11(16)17)12-9-3-2-4-10(13(18)19)8(9)5-6-14-12/h2-6H,7H2,1H3,(H,16,17)(H,18,19). The average Bonchev–Trinajstić information content (AvgIpc) is 2.36. The number of rotatable bonds is 4. The molecule has 0 aliphatic rings. The molecule has 1 aromatic carbocycles. The predicted octanol–water partition coefficient (Wildman–Crippen LogP) is 1.45. The maximum atomic E-state index is 11.1. The quantitative estimate of drug-likeness (QED) is 0.864. The second kappa shape index (κ2) is 4.93. The van der Waals surface area contributed by atoms with Crippen LogP contribution in [0.15, 0.2) is 30.5 Å². The number of carboxylic acids is 2. The number of anilines is 1. The van der Waals surface area contributed by atoms with Gasteiger partial charge >= 0.3 is 11.9 Å². The zero-order valence-electron chi connectivity index (χ0n) is 10.2. The number of aliphatic carboxylic acids is 1. The van der Waals surface area contributed by atoms with Crippen LogP contribution in [0.1, 0.15) is 10.4 Å². The molecule has 6 nitrogen and oxygen atoms in total. The summed E-state index contributed by atoms with van der Waals surface area (Å²) in [5, 5.41) is 19.1. The maximum Gasteiger partial charge on any atom is 0.336 e. The summed E-state index contributed by atoms with van der Waals surface area (Å²) in [5.41, 5.74) is 0.171. The Bertz CT molecular complexity index is 654. The largest absolute Gasteiger partial charge is 0.480 e. The van der Waals surface area contributed by atoms with Crippen LogP contribution in [0.25, 0.3) is 10.8 Å².